The number of rotatable bonds is 4. The molecule has 2 aromatic heterocycles. The first-order chi connectivity index (χ1) is 20.8. The number of aromatic nitrogens is 2. The van der Waals surface area contributed by atoms with Gasteiger partial charge in [0.25, 0.3) is 0 Å². The second-order valence-corrected chi connectivity index (χ2v) is 10.6. The van der Waals surface area contributed by atoms with Crippen LogP contribution in [-0.2, 0) is 0 Å². The van der Waals surface area contributed by atoms with Crippen molar-refractivity contribution in [1.82, 2.24) is 9.97 Å². The van der Waals surface area contributed by atoms with Crippen LogP contribution >= 0.6 is 0 Å². The summed E-state index contributed by atoms with van der Waals surface area (Å²) in [7, 11) is 0. The predicted octanol–water partition coefficient (Wildman–Crippen LogP) is 10.6. The molecular weight excluding hydrogens is 508 g/mol. The molecule has 2 heterocycles. The minimum absolute atomic E-state index is 0.917. The lowest BCUT2D eigenvalue weighted by Crippen LogP contribution is -1.92. The third kappa shape index (κ3) is 4.13. The summed E-state index contributed by atoms with van der Waals surface area (Å²) in [6, 6.07) is 51.7. The molecular formula is C40H26N2. The van der Waals surface area contributed by atoms with Crippen molar-refractivity contribution >= 4 is 32.4 Å². The van der Waals surface area contributed by atoms with E-state index in [1.807, 2.05) is 30.6 Å². The maximum absolute atomic E-state index is 4.87. The van der Waals surface area contributed by atoms with Crippen LogP contribution in [0.1, 0.15) is 0 Å². The predicted molar refractivity (Wildman–Crippen MR) is 176 cm³/mol. The van der Waals surface area contributed by atoms with E-state index in [-0.39, 0.29) is 0 Å². The summed E-state index contributed by atoms with van der Waals surface area (Å²) >= 11 is 0. The highest BCUT2D eigenvalue weighted by Gasteiger charge is 2.17. The van der Waals surface area contributed by atoms with Crippen molar-refractivity contribution in [3.05, 3.63) is 158 Å². The summed E-state index contributed by atoms with van der Waals surface area (Å²) in [6.45, 7) is 0. The van der Waals surface area contributed by atoms with Gasteiger partial charge in [-0.2, -0.15) is 0 Å². The van der Waals surface area contributed by atoms with Crippen molar-refractivity contribution in [3.8, 4) is 44.6 Å². The molecule has 0 amide bonds. The van der Waals surface area contributed by atoms with Gasteiger partial charge in [0.1, 0.15) is 0 Å². The number of hydrogen-bond acceptors (Lipinski definition) is 2. The summed E-state index contributed by atoms with van der Waals surface area (Å²) in [5.41, 5.74) is 10.1. The smallest absolute Gasteiger partial charge is 0.0718 e. The topological polar surface area (TPSA) is 25.8 Å². The summed E-state index contributed by atoms with van der Waals surface area (Å²) < 4.78 is 0. The Hall–Kier alpha value is -5.60. The van der Waals surface area contributed by atoms with E-state index in [2.05, 4.69) is 132 Å². The molecule has 8 rings (SSSR count). The molecule has 8 aromatic rings. The van der Waals surface area contributed by atoms with Crippen LogP contribution < -0.4 is 0 Å². The van der Waals surface area contributed by atoms with Gasteiger partial charge in [0.15, 0.2) is 0 Å². The van der Waals surface area contributed by atoms with Crippen LogP contribution in [0.5, 0.6) is 0 Å². The van der Waals surface area contributed by atoms with Gasteiger partial charge in [-0.15, -0.1) is 0 Å². The molecule has 0 bridgehead atoms. The molecule has 0 aliphatic carbocycles. The van der Waals surface area contributed by atoms with Gasteiger partial charge in [0.2, 0.25) is 0 Å². The minimum atomic E-state index is 0.917. The molecule has 2 heteroatoms. The van der Waals surface area contributed by atoms with Crippen LogP contribution in [0.25, 0.3) is 77.1 Å². The van der Waals surface area contributed by atoms with Crippen LogP contribution in [0.3, 0.4) is 0 Å². The molecule has 0 saturated heterocycles. The molecule has 196 valence electrons. The highest BCUT2D eigenvalue weighted by molar-refractivity contribution is 6.21. The van der Waals surface area contributed by atoms with Gasteiger partial charge in [0, 0.05) is 28.9 Å². The molecule has 42 heavy (non-hydrogen) atoms. The summed E-state index contributed by atoms with van der Waals surface area (Å²) in [5.74, 6) is 0. The first kappa shape index (κ1) is 24.2. The maximum Gasteiger partial charge on any atom is 0.0718 e. The lowest BCUT2D eigenvalue weighted by atomic mass is 9.85. The molecule has 0 N–H and O–H groups in total. The molecule has 0 saturated carbocycles. The minimum Gasteiger partial charge on any atom is -0.256 e. The Kier molecular flexibility index (Phi) is 5.82. The van der Waals surface area contributed by atoms with E-state index < -0.39 is 0 Å². The fourth-order valence-corrected chi connectivity index (χ4v) is 6.14. The van der Waals surface area contributed by atoms with E-state index in [0.717, 1.165) is 33.3 Å². The zero-order valence-corrected chi connectivity index (χ0v) is 22.9. The summed E-state index contributed by atoms with van der Waals surface area (Å²) in [6.07, 6.45) is 3.88. The Bertz CT molecular complexity index is 2220. The van der Waals surface area contributed by atoms with Gasteiger partial charge >= 0.3 is 0 Å². The van der Waals surface area contributed by atoms with Gasteiger partial charge in [-0.3, -0.25) is 9.97 Å². The van der Waals surface area contributed by atoms with Crippen LogP contribution in [0, 0.1) is 0 Å². The Balaban J connectivity index is 1.33. The molecule has 2 nitrogen and oxygen atoms in total. The molecule has 6 aromatic carbocycles. The zero-order chi connectivity index (χ0) is 27.9. The van der Waals surface area contributed by atoms with E-state index >= 15 is 0 Å². The fourth-order valence-electron chi connectivity index (χ4n) is 6.14. The average molecular weight is 535 g/mol. The molecule has 0 unspecified atom stereocenters. The number of fused-ring (bicyclic) bond motifs is 3. The van der Waals surface area contributed by atoms with Gasteiger partial charge < -0.3 is 0 Å². The van der Waals surface area contributed by atoms with Crippen molar-refractivity contribution in [2.24, 2.45) is 0 Å². The third-order valence-corrected chi connectivity index (χ3v) is 8.13. The van der Waals surface area contributed by atoms with E-state index in [4.69, 9.17) is 4.98 Å². The third-order valence-electron chi connectivity index (χ3n) is 8.13. The van der Waals surface area contributed by atoms with E-state index in [0.29, 0.717) is 0 Å². The number of para-hydroxylation sites is 1. The van der Waals surface area contributed by atoms with E-state index in [1.165, 1.54) is 43.8 Å². The average Bonchev–Trinajstić information content (AvgIpc) is 3.07. The largest absolute Gasteiger partial charge is 0.256 e. The second-order valence-electron chi connectivity index (χ2n) is 10.6. The maximum atomic E-state index is 4.87. The normalized spacial score (nSPS) is 11.3. The number of pyridine rings is 2. The zero-order valence-electron chi connectivity index (χ0n) is 22.9. The molecule has 0 atom stereocenters. The monoisotopic (exact) mass is 534 g/mol. The van der Waals surface area contributed by atoms with Crippen LogP contribution in [0.15, 0.2) is 158 Å². The number of nitrogens with zero attached hydrogens (tertiary/aromatic N) is 2. The fraction of sp³-hybridized carbons (Fsp3) is 0. The Morgan fingerprint density at radius 2 is 0.905 bits per heavy atom. The van der Waals surface area contributed by atoms with Crippen molar-refractivity contribution < 1.29 is 0 Å². The summed E-state index contributed by atoms with van der Waals surface area (Å²) in [4.78, 5) is 9.50. The standard InChI is InChI=1S/C40H26N2/c1-3-11-27(12-4-1)39-33-16-8-9-17-34(33)40(28-13-5-2-6-14-28)36-24-29(19-21-35(36)39)31-20-22-38(41-25-31)32-23-30-15-7-10-18-37(30)42-26-32/h1-26H. The molecule has 0 spiro atoms. The summed E-state index contributed by atoms with van der Waals surface area (Å²) in [5, 5.41) is 6.11. The molecule has 0 radical (unpaired) electrons. The first-order valence-corrected chi connectivity index (χ1v) is 14.2. The Morgan fingerprint density at radius 3 is 1.60 bits per heavy atom. The quantitative estimate of drug-likeness (QED) is 0.210. The lowest BCUT2D eigenvalue weighted by molar-refractivity contribution is 1.31. The van der Waals surface area contributed by atoms with Crippen molar-refractivity contribution in [3.63, 3.8) is 0 Å². The van der Waals surface area contributed by atoms with E-state index in [9.17, 15) is 0 Å². The highest BCUT2D eigenvalue weighted by atomic mass is 14.7. The number of benzene rings is 6. The Morgan fingerprint density at radius 1 is 0.333 bits per heavy atom. The van der Waals surface area contributed by atoms with Gasteiger partial charge in [-0.1, -0.05) is 121 Å². The van der Waals surface area contributed by atoms with Crippen LogP contribution in [0.2, 0.25) is 0 Å². The molecule has 0 aliphatic heterocycles. The number of hydrogen-bond donors (Lipinski definition) is 0. The second kappa shape index (κ2) is 10.1. The van der Waals surface area contributed by atoms with Crippen LogP contribution in [-0.4, -0.2) is 9.97 Å². The van der Waals surface area contributed by atoms with Crippen molar-refractivity contribution in [2.75, 3.05) is 0 Å². The molecule has 0 aliphatic rings. The first-order valence-electron chi connectivity index (χ1n) is 14.2. The lowest BCUT2D eigenvalue weighted by Gasteiger charge is -2.18. The van der Waals surface area contributed by atoms with Gasteiger partial charge in [-0.25, -0.2) is 0 Å². The van der Waals surface area contributed by atoms with Crippen molar-refractivity contribution in [2.45, 2.75) is 0 Å². The highest BCUT2D eigenvalue weighted by Crippen LogP contribution is 2.44. The Labute approximate surface area is 244 Å². The SMILES string of the molecule is c1ccc(-c2c3ccccc3c(-c3ccccc3)c3cc(-c4ccc(-c5cnc6ccccc6c5)nc4)ccc23)cc1. The van der Waals surface area contributed by atoms with Crippen molar-refractivity contribution in [1.29, 1.82) is 0 Å². The van der Waals surface area contributed by atoms with Gasteiger partial charge in [-0.05, 0) is 73.6 Å². The molecule has 0 fully saturated rings. The van der Waals surface area contributed by atoms with Crippen LogP contribution in [0.4, 0.5) is 0 Å². The van der Waals surface area contributed by atoms with E-state index in [1.54, 1.807) is 0 Å². The van der Waals surface area contributed by atoms with Gasteiger partial charge in [0.05, 0.1) is 11.2 Å².